The molecule has 2 amide bonds. The SMILES string of the molecule is Nc1n[nH]c2cc(-c3ccc(NC(=O)Nc4ccccc4)cc3)ccc12. The van der Waals surface area contributed by atoms with E-state index >= 15 is 0 Å². The molecule has 1 heterocycles. The fraction of sp³-hybridized carbons (Fsp3) is 0. The van der Waals surface area contributed by atoms with E-state index in [9.17, 15) is 4.79 Å². The third-order valence-corrected chi connectivity index (χ3v) is 4.10. The van der Waals surface area contributed by atoms with E-state index < -0.39 is 0 Å². The molecule has 6 nitrogen and oxygen atoms in total. The van der Waals surface area contributed by atoms with Crippen LogP contribution in [0.25, 0.3) is 22.0 Å². The van der Waals surface area contributed by atoms with Crippen molar-refractivity contribution in [2.75, 3.05) is 16.4 Å². The van der Waals surface area contributed by atoms with Crippen molar-refractivity contribution < 1.29 is 4.79 Å². The molecule has 26 heavy (non-hydrogen) atoms. The summed E-state index contributed by atoms with van der Waals surface area (Å²) in [4.78, 5) is 12.0. The van der Waals surface area contributed by atoms with Crippen LogP contribution in [0.1, 0.15) is 0 Å². The van der Waals surface area contributed by atoms with Crippen LogP contribution in [-0.2, 0) is 0 Å². The zero-order chi connectivity index (χ0) is 17.9. The number of nitrogens with two attached hydrogens (primary N) is 1. The van der Waals surface area contributed by atoms with Crippen LogP contribution in [0.5, 0.6) is 0 Å². The van der Waals surface area contributed by atoms with E-state index in [0.29, 0.717) is 11.5 Å². The number of nitrogen functional groups attached to an aromatic ring is 1. The van der Waals surface area contributed by atoms with Crippen LogP contribution < -0.4 is 16.4 Å². The summed E-state index contributed by atoms with van der Waals surface area (Å²) < 4.78 is 0. The summed E-state index contributed by atoms with van der Waals surface area (Å²) in [5.41, 5.74) is 10.2. The Hall–Kier alpha value is -3.80. The summed E-state index contributed by atoms with van der Waals surface area (Å²) in [5, 5.41) is 13.4. The molecule has 0 saturated heterocycles. The summed E-state index contributed by atoms with van der Waals surface area (Å²) in [5.74, 6) is 0.496. The minimum absolute atomic E-state index is 0.279. The number of aromatic amines is 1. The van der Waals surface area contributed by atoms with Gasteiger partial charge in [-0.3, -0.25) is 5.10 Å². The molecule has 0 spiro atoms. The van der Waals surface area contributed by atoms with Crippen molar-refractivity contribution in [2.24, 2.45) is 0 Å². The first kappa shape index (κ1) is 15.7. The molecule has 0 unspecified atom stereocenters. The Morgan fingerprint density at radius 2 is 1.50 bits per heavy atom. The molecule has 4 rings (SSSR count). The minimum Gasteiger partial charge on any atom is -0.382 e. The van der Waals surface area contributed by atoms with Crippen molar-refractivity contribution in [3.8, 4) is 11.1 Å². The Morgan fingerprint density at radius 1 is 0.846 bits per heavy atom. The molecule has 3 aromatic carbocycles. The molecule has 5 N–H and O–H groups in total. The molecule has 0 bridgehead atoms. The van der Waals surface area contributed by atoms with Gasteiger partial charge in [0.1, 0.15) is 0 Å². The van der Waals surface area contributed by atoms with Crippen molar-refractivity contribution >= 4 is 34.1 Å². The predicted molar refractivity (Wildman–Crippen MR) is 105 cm³/mol. The monoisotopic (exact) mass is 343 g/mol. The molecule has 0 aliphatic heterocycles. The highest BCUT2D eigenvalue weighted by atomic mass is 16.2. The number of fused-ring (bicyclic) bond motifs is 1. The lowest BCUT2D eigenvalue weighted by Gasteiger charge is -2.08. The van der Waals surface area contributed by atoms with Gasteiger partial charge in [0.05, 0.1) is 5.52 Å². The summed E-state index contributed by atoms with van der Waals surface area (Å²) in [6.07, 6.45) is 0. The fourth-order valence-corrected chi connectivity index (χ4v) is 2.78. The Bertz CT molecular complexity index is 1050. The number of urea groups is 1. The Kier molecular flexibility index (Phi) is 3.99. The van der Waals surface area contributed by atoms with Crippen LogP contribution in [0.4, 0.5) is 22.0 Å². The number of rotatable bonds is 3. The number of aromatic nitrogens is 2. The quantitative estimate of drug-likeness (QED) is 0.442. The molecule has 0 aliphatic rings. The smallest absolute Gasteiger partial charge is 0.323 e. The second-order valence-corrected chi connectivity index (χ2v) is 5.89. The number of benzene rings is 3. The van der Waals surface area contributed by atoms with Gasteiger partial charge >= 0.3 is 6.03 Å². The molecule has 1 aromatic heterocycles. The molecular formula is C20H17N5O. The van der Waals surface area contributed by atoms with Gasteiger partial charge in [0.2, 0.25) is 0 Å². The van der Waals surface area contributed by atoms with Gasteiger partial charge in [0.25, 0.3) is 0 Å². The second-order valence-electron chi connectivity index (χ2n) is 5.89. The number of carbonyl (C=O) groups excluding carboxylic acids is 1. The van der Waals surface area contributed by atoms with E-state index in [2.05, 4.69) is 20.8 Å². The number of nitrogens with one attached hydrogen (secondary N) is 3. The highest BCUT2D eigenvalue weighted by molar-refractivity contribution is 6.00. The molecule has 4 aromatic rings. The van der Waals surface area contributed by atoms with Crippen molar-refractivity contribution in [1.29, 1.82) is 0 Å². The second kappa shape index (κ2) is 6.60. The first-order chi connectivity index (χ1) is 12.7. The first-order valence-electron chi connectivity index (χ1n) is 8.16. The lowest BCUT2D eigenvalue weighted by atomic mass is 10.0. The van der Waals surface area contributed by atoms with Crippen molar-refractivity contribution in [3.63, 3.8) is 0 Å². The van der Waals surface area contributed by atoms with Crippen molar-refractivity contribution in [3.05, 3.63) is 72.8 Å². The van der Waals surface area contributed by atoms with Gasteiger partial charge in [-0.25, -0.2) is 4.79 Å². The van der Waals surface area contributed by atoms with Crippen LogP contribution in [0, 0.1) is 0 Å². The van der Waals surface area contributed by atoms with E-state index in [1.54, 1.807) is 0 Å². The van der Waals surface area contributed by atoms with Crippen LogP contribution in [-0.4, -0.2) is 16.2 Å². The number of para-hydroxylation sites is 1. The molecule has 0 aliphatic carbocycles. The number of hydrogen-bond acceptors (Lipinski definition) is 3. The fourth-order valence-electron chi connectivity index (χ4n) is 2.78. The largest absolute Gasteiger partial charge is 0.382 e. The van der Waals surface area contributed by atoms with Gasteiger partial charge in [-0.15, -0.1) is 0 Å². The number of hydrogen-bond donors (Lipinski definition) is 4. The van der Waals surface area contributed by atoms with Crippen LogP contribution in [0.15, 0.2) is 72.8 Å². The standard InChI is InChI=1S/C20H17N5O/c21-19-17-11-8-14(12-18(17)24-25-19)13-6-9-16(10-7-13)23-20(26)22-15-4-2-1-3-5-15/h1-12H,(H3,21,24,25)(H2,22,23,26). The maximum Gasteiger partial charge on any atom is 0.323 e. The van der Waals surface area contributed by atoms with E-state index in [4.69, 9.17) is 5.73 Å². The van der Waals surface area contributed by atoms with Gasteiger partial charge in [-0.2, -0.15) is 5.10 Å². The zero-order valence-corrected chi connectivity index (χ0v) is 13.9. The summed E-state index contributed by atoms with van der Waals surface area (Å²) in [6, 6.07) is 22.6. The third kappa shape index (κ3) is 3.21. The molecule has 0 fully saturated rings. The van der Waals surface area contributed by atoms with Crippen LogP contribution in [0.3, 0.4) is 0 Å². The van der Waals surface area contributed by atoms with Gasteiger partial charge in [0.15, 0.2) is 5.82 Å². The van der Waals surface area contributed by atoms with Crippen molar-refractivity contribution in [2.45, 2.75) is 0 Å². The van der Waals surface area contributed by atoms with Gasteiger partial charge in [0, 0.05) is 16.8 Å². The molecule has 128 valence electrons. The molecule has 0 radical (unpaired) electrons. The number of amides is 2. The van der Waals surface area contributed by atoms with E-state index in [0.717, 1.165) is 27.7 Å². The maximum absolute atomic E-state index is 12.0. The predicted octanol–water partition coefficient (Wildman–Crippen LogP) is 4.46. The molecule has 0 saturated carbocycles. The molecular weight excluding hydrogens is 326 g/mol. The average Bonchev–Trinajstić information content (AvgIpc) is 3.03. The number of anilines is 3. The summed E-state index contributed by atoms with van der Waals surface area (Å²) in [6.45, 7) is 0. The maximum atomic E-state index is 12.0. The van der Waals surface area contributed by atoms with E-state index in [-0.39, 0.29) is 6.03 Å². The van der Waals surface area contributed by atoms with E-state index in [1.807, 2.05) is 72.8 Å². The van der Waals surface area contributed by atoms with E-state index in [1.165, 1.54) is 0 Å². The lowest BCUT2D eigenvalue weighted by Crippen LogP contribution is -2.19. The Morgan fingerprint density at radius 3 is 2.23 bits per heavy atom. The molecule has 6 heteroatoms. The highest BCUT2D eigenvalue weighted by Gasteiger charge is 2.06. The normalized spacial score (nSPS) is 10.6. The topological polar surface area (TPSA) is 95.8 Å². The summed E-state index contributed by atoms with van der Waals surface area (Å²) in [7, 11) is 0. The first-order valence-corrected chi connectivity index (χ1v) is 8.16. The zero-order valence-electron chi connectivity index (χ0n) is 13.9. The number of nitrogens with zero attached hydrogens (tertiary/aromatic N) is 1. The Balaban J connectivity index is 1.48. The van der Waals surface area contributed by atoms with Gasteiger partial charge in [-0.05, 0) is 47.5 Å². The molecule has 0 atom stereocenters. The Labute approximate surface area is 150 Å². The third-order valence-electron chi connectivity index (χ3n) is 4.10. The van der Waals surface area contributed by atoms with Gasteiger partial charge < -0.3 is 16.4 Å². The van der Waals surface area contributed by atoms with Crippen molar-refractivity contribution in [1.82, 2.24) is 10.2 Å². The highest BCUT2D eigenvalue weighted by Crippen LogP contribution is 2.26. The number of carbonyl (C=O) groups is 1. The average molecular weight is 343 g/mol. The number of H-pyrrole nitrogens is 1. The van der Waals surface area contributed by atoms with Gasteiger partial charge in [-0.1, -0.05) is 36.4 Å². The van der Waals surface area contributed by atoms with Crippen LogP contribution in [0.2, 0.25) is 0 Å². The van der Waals surface area contributed by atoms with Crippen LogP contribution >= 0.6 is 0 Å². The lowest BCUT2D eigenvalue weighted by molar-refractivity contribution is 0.262. The summed E-state index contributed by atoms with van der Waals surface area (Å²) >= 11 is 0. The minimum atomic E-state index is -0.279.